The Morgan fingerprint density at radius 3 is 3.00 bits per heavy atom. The molecule has 3 heteroatoms. The quantitative estimate of drug-likeness (QED) is 0.846. The molecule has 0 spiro atoms. The molecule has 0 saturated carbocycles. The number of aromatic nitrogens is 2. The summed E-state index contributed by atoms with van der Waals surface area (Å²) < 4.78 is 0. The van der Waals surface area contributed by atoms with Crippen LogP contribution in [0.25, 0.3) is 0 Å². The molecule has 3 rings (SSSR count). The van der Waals surface area contributed by atoms with E-state index >= 15 is 0 Å². The third-order valence-corrected chi connectivity index (χ3v) is 3.52. The van der Waals surface area contributed by atoms with Gasteiger partial charge in [0.2, 0.25) is 0 Å². The van der Waals surface area contributed by atoms with E-state index in [9.17, 15) is 0 Å². The smallest absolute Gasteiger partial charge is 0.0539 e. The summed E-state index contributed by atoms with van der Waals surface area (Å²) in [4.78, 5) is 0. The van der Waals surface area contributed by atoms with Crippen molar-refractivity contribution >= 4 is 5.69 Å². The Bertz CT molecular complexity index is 528. The number of anilines is 1. The van der Waals surface area contributed by atoms with E-state index in [1.807, 2.05) is 13.1 Å². The van der Waals surface area contributed by atoms with Gasteiger partial charge in [-0.2, -0.15) is 5.10 Å². The fourth-order valence-corrected chi connectivity index (χ4v) is 2.43. The topological polar surface area (TPSA) is 40.7 Å². The largest absolute Gasteiger partial charge is 0.381 e. The van der Waals surface area contributed by atoms with Crippen LogP contribution >= 0.6 is 0 Å². The summed E-state index contributed by atoms with van der Waals surface area (Å²) >= 11 is 0. The van der Waals surface area contributed by atoms with Gasteiger partial charge in [-0.1, -0.05) is 6.07 Å². The standard InChI is InChI=1S/C14H17N3/c1-10-13(9-16-17-10)8-15-14-6-5-11-3-2-4-12(11)7-14/h5-7,9,15H,2-4,8H2,1H3,(H,16,17). The summed E-state index contributed by atoms with van der Waals surface area (Å²) in [6, 6.07) is 6.73. The van der Waals surface area contributed by atoms with Gasteiger partial charge in [-0.05, 0) is 49.4 Å². The molecular formula is C14H17N3. The lowest BCUT2D eigenvalue weighted by Gasteiger charge is -2.08. The fraction of sp³-hybridized carbons (Fsp3) is 0.357. The Morgan fingerprint density at radius 2 is 2.18 bits per heavy atom. The van der Waals surface area contributed by atoms with Crippen LogP contribution in [-0.2, 0) is 19.4 Å². The van der Waals surface area contributed by atoms with E-state index in [-0.39, 0.29) is 0 Å². The zero-order valence-electron chi connectivity index (χ0n) is 10.1. The van der Waals surface area contributed by atoms with Crippen molar-refractivity contribution in [2.75, 3.05) is 5.32 Å². The first-order chi connectivity index (χ1) is 8.33. The van der Waals surface area contributed by atoms with Gasteiger partial charge >= 0.3 is 0 Å². The molecule has 0 radical (unpaired) electrons. The highest BCUT2D eigenvalue weighted by atomic mass is 15.1. The molecule has 88 valence electrons. The molecule has 0 saturated heterocycles. The normalized spacial score (nSPS) is 13.7. The molecule has 1 aliphatic rings. The van der Waals surface area contributed by atoms with Crippen molar-refractivity contribution in [3.63, 3.8) is 0 Å². The second-order valence-corrected chi connectivity index (χ2v) is 4.71. The van der Waals surface area contributed by atoms with Crippen molar-refractivity contribution < 1.29 is 0 Å². The Labute approximate surface area is 101 Å². The number of rotatable bonds is 3. The second-order valence-electron chi connectivity index (χ2n) is 4.71. The van der Waals surface area contributed by atoms with Gasteiger partial charge in [-0.15, -0.1) is 0 Å². The number of hydrogen-bond donors (Lipinski definition) is 2. The maximum Gasteiger partial charge on any atom is 0.0539 e. The molecule has 0 fully saturated rings. The first kappa shape index (κ1) is 10.4. The van der Waals surface area contributed by atoms with Gasteiger partial charge in [-0.3, -0.25) is 5.10 Å². The van der Waals surface area contributed by atoms with Gasteiger partial charge in [0.1, 0.15) is 0 Å². The van der Waals surface area contributed by atoms with Gasteiger partial charge in [0.15, 0.2) is 0 Å². The third kappa shape index (κ3) is 2.05. The van der Waals surface area contributed by atoms with E-state index in [0.717, 1.165) is 12.2 Å². The van der Waals surface area contributed by atoms with Crippen molar-refractivity contribution in [1.29, 1.82) is 0 Å². The summed E-state index contributed by atoms with van der Waals surface area (Å²) in [6.07, 6.45) is 5.67. The lowest BCUT2D eigenvalue weighted by Crippen LogP contribution is -2.00. The first-order valence-corrected chi connectivity index (χ1v) is 6.17. The van der Waals surface area contributed by atoms with Crippen LogP contribution in [0.4, 0.5) is 5.69 Å². The van der Waals surface area contributed by atoms with E-state index in [0.29, 0.717) is 0 Å². The number of nitrogens with one attached hydrogen (secondary N) is 2. The molecule has 0 bridgehead atoms. The number of aromatic amines is 1. The molecule has 1 aromatic heterocycles. The molecule has 1 aliphatic carbocycles. The summed E-state index contributed by atoms with van der Waals surface area (Å²) in [5, 5.41) is 10.4. The Hall–Kier alpha value is -1.77. The molecular weight excluding hydrogens is 210 g/mol. The lowest BCUT2D eigenvalue weighted by molar-refractivity contribution is 0.912. The van der Waals surface area contributed by atoms with Crippen molar-refractivity contribution in [2.24, 2.45) is 0 Å². The van der Waals surface area contributed by atoms with Crippen LogP contribution in [0.2, 0.25) is 0 Å². The van der Waals surface area contributed by atoms with Crippen molar-refractivity contribution in [2.45, 2.75) is 32.7 Å². The monoisotopic (exact) mass is 227 g/mol. The third-order valence-electron chi connectivity index (χ3n) is 3.52. The highest BCUT2D eigenvalue weighted by Gasteiger charge is 2.10. The maximum absolute atomic E-state index is 4.03. The van der Waals surface area contributed by atoms with Crippen LogP contribution in [0.1, 0.15) is 28.8 Å². The molecule has 0 unspecified atom stereocenters. The average Bonchev–Trinajstić information content (AvgIpc) is 2.94. The minimum absolute atomic E-state index is 0.834. The highest BCUT2D eigenvalue weighted by molar-refractivity contribution is 5.50. The Kier molecular flexibility index (Phi) is 2.59. The molecule has 1 aromatic carbocycles. The predicted molar refractivity (Wildman–Crippen MR) is 69.1 cm³/mol. The predicted octanol–water partition coefficient (Wildman–Crippen LogP) is 2.82. The molecule has 2 N–H and O–H groups in total. The summed E-state index contributed by atoms with van der Waals surface area (Å²) in [6.45, 7) is 2.88. The molecule has 0 aliphatic heterocycles. The Balaban J connectivity index is 1.72. The van der Waals surface area contributed by atoms with E-state index in [1.165, 1.54) is 41.6 Å². The van der Waals surface area contributed by atoms with Crippen LogP contribution in [0.15, 0.2) is 24.4 Å². The minimum Gasteiger partial charge on any atom is -0.381 e. The van der Waals surface area contributed by atoms with Crippen LogP contribution in [-0.4, -0.2) is 10.2 Å². The number of benzene rings is 1. The van der Waals surface area contributed by atoms with Gasteiger partial charge in [0.25, 0.3) is 0 Å². The summed E-state index contributed by atoms with van der Waals surface area (Å²) in [7, 11) is 0. The molecule has 1 heterocycles. The zero-order chi connectivity index (χ0) is 11.7. The van der Waals surface area contributed by atoms with Crippen LogP contribution in [0.3, 0.4) is 0 Å². The van der Waals surface area contributed by atoms with Crippen molar-refractivity contribution in [1.82, 2.24) is 10.2 Å². The molecule has 17 heavy (non-hydrogen) atoms. The number of hydrogen-bond acceptors (Lipinski definition) is 2. The van der Waals surface area contributed by atoms with Crippen LogP contribution in [0, 0.1) is 6.92 Å². The van der Waals surface area contributed by atoms with Gasteiger partial charge in [0.05, 0.1) is 6.20 Å². The number of H-pyrrole nitrogens is 1. The van der Waals surface area contributed by atoms with Crippen LogP contribution in [0.5, 0.6) is 0 Å². The number of aryl methyl sites for hydroxylation is 3. The maximum atomic E-state index is 4.03. The summed E-state index contributed by atoms with van der Waals surface area (Å²) in [5.41, 5.74) is 6.62. The second kappa shape index (κ2) is 4.24. The van der Waals surface area contributed by atoms with Crippen molar-refractivity contribution in [3.05, 3.63) is 46.8 Å². The van der Waals surface area contributed by atoms with Crippen LogP contribution < -0.4 is 5.32 Å². The molecule has 2 aromatic rings. The lowest BCUT2D eigenvalue weighted by atomic mass is 10.1. The van der Waals surface area contributed by atoms with E-state index < -0.39 is 0 Å². The molecule has 0 atom stereocenters. The summed E-state index contributed by atoms with van der Waals surface area (Å²) in [5.74, 6) is 0. The molecule has 0 amide bonds. The van der Waals surface area contributed by atoms with E-state index in [4.69, 9.17) is 0 Å². The Morgan fingerprint density at radius 1 is 1.29 bits per heavy atom. The average molecular weight is 227 g/mol. The van der Waals surface area contributed by atoms with Gasteiger partial charge in [-0.25, -0.2) is 0 Å². The SMILES string of the molecule is Cc1[nH]ncc1CNc1ccc2c(c1)CCC2. The van der Waals surface area contributed by atoms with Crippen molar-refractivity contribution in [3.8, 4) is 0 Å². The fourth-order valence-electron chi connectivity index (χ4n) is 2.43. The minimum atomic E-state index is 0.834. The zero-order valence-corrected chi connectivity index (χ0v) is 10.1. The van der Waals surface area contributed by atoms with E-state index in [1.54, 1.807) is 0 Å². The number of fused-ring (bicyclic) bond motifs is 1. The first-order valence-electron chi connectivity index (χ1n) is 6.17. The van der Waals surface area contributed by atoms with Gasteiger partial charge in [0, 0.05) is 23.5 Å². The van der Waals surface area contributed by atoms with Gasteiger partial charge < -0.3 is 5.32 Å². The highest BCUT2D eigenvalue weighted by Crippen LogP contribution is 2.25. The molecule has 3 nitrogen and oxygen atoms in total. The van der Waals surface area contributed by atoms with E-state index in [2.05, 4.69) is 33.7 Å². The number of nitrogens with zero attached hydrogens (tertiary/aromatic N) is 1.